The molecule has 0 atom stereocenters. The van der Waals surface area contributed by atoms with Crippen molar-refractivity contribution in [2.45, 2.75) is 29.2 Å². The molecule has 1 fully saturated rings. The number of hydrogen-bond donors (Lipinski definition) is 0. The summed E-state index contributed by atoms with van der Waals surface area (Å²) < 4.78 is 57.3. The highest BCUT2D eigenvalue weighted by Gasteiger charge is 2.30. The zero-order valence-corrected chi connectivity index (χ0v) is 26.8. The minimum absolute atomic E-state index is 0. The van der Waals surface area contributed by atoms with Crippen LogP contribution in [-0.2, 0) is 26.6 Å². The Labute approximate surface area is 268 Å². The van der Waals surface area contributed by atoms with Gasteiger partial charge < -0.3 is 0 Å². The maximum atomic E-state index is 13.7. The van der Waals surface area contributed by atoms with Crippen LogP contribution in [0, 0.1) is 20.2 Å². The third kappa shape index (κ3) is 9.15. The van der Waals surface area contributed by atoms with Crippen molar-refractivity contribution >= 4 is 43.8 Å². The minimum Gasteiger partial charge on any atom is -0.299 e. The predicted octanol–water partition coefficient (Wildman–Crippen LogP) is 4.46. The Morgan fingerprint density at radius 3 is 1.42 bits per heavy atom. The van der Waals surface area contributed by atoms with Crippen molar-refractivity contribution in [1.82, 2.24) is 13.5 Å². The highest BCUT2D eigenvalue weighted by Crippen LogP contribution is 2.24. The van der Waals surface area contributed by atoms with Gasteiger partial charge in [0.25, 0.3) is 11.4 Å². The molecule has 0 radical (unpaired) electrons. The zero-order valence-electron chi connectivity index (χ0n) is 24.3. The Morgan fingerprint density at radius 1 is 0.644 bits per heavy atom. The molecule has 0 amide bonds. The summed E-state index contributed by atoms with van der Waals surface area (Å²) in [7, 11) is -8.24. The Kier molecular flexibility index (Phi) is 12.3. The van der Waals surface area contributed by atoms with E-state index >= 15 is 0 Å². The van der Waals surface area contributed by atoms with Gasteiger partial charge in [-0.15, -0.1) is 12.4 Å². The predicted molar refractivity (Wildman–Crippen MR) is 171 cm³/mol. The highest BCUT2D eigenvalue weighted by molar-refractivity contribution is 7.89. The van der Waals surface area contributed by atoms with Crippen molar-refractivity contribution in [2.75, 3.05) is 39.3 Å². The number of nitro benzene ring substituents is 2. The number of hydrogen-bond acceptors (Lipinski definition) is 9. The first kappa shape index (κ1) is 35.7. The number of benzene rings is 3. The molecule has 0 aromatic heterocycles. The number of halogens is 1. The van der Waals surface area contributed by atoms with E-state index in [1.807, 2.05) is 30.3 Å². The van der Waals surface area contributed by atoms with Crippen LogP contribution in [0.25, 0.3) is 0 Å². The Balaban J connectivity index is 0.00000552. The van der Waals surface area contributed by atoms with Gasteiger partial charge in [0.2, 0.25) is 20.0 Å². The molecule has 1 saturated heterocycles. The van der Waals surface area contributed by atoms with E-state index in [2.05, 4.69) is 11.5 Å². The number of rotatable bonds is 8. The maximum Gasteiger partial charge on any atom is 0.269 e. The van der Waals surface area contributed by atoms with Gasteiger partial charge in [-0.25, -0.2) is 16.8 Å². The molecule has 0 N–H and O–H groups in total. The molecule has 1 aliphatic heterocycles. The molecular weight excluding hydrogens is 646 g/mol. The molecule has 3 aromatic rings. The van der Waals surface area contributed by atoms with E-state index in [4.69, 9.17) is 0 Å². The molecule has 1 heterocycles. The van der Waals surface area contributed by atoms with Gasteiger partial charge >= 0.3 is 0 Å². The van der Waals surface area contributed by atoms with Gasteiger partial charge in [-0.1, -0.05) is 36.9 Å². The number of nitrogens with zero attached hydrogens (tertiary/aromatic N) is 5. The lowest BCUT2D eigenvalue weighted by Gasteiger charge is -2.30. The van der Waals surface area contributed by atoms with Gasteiger partial charge in [0, 0.05) is 57.0 Å². The van der Waals surface area contributed by atoms with Gasteiger partial charge in [0.05, 0.1) is 19.6 Å². The summed E-state index contributed by atoms with van der Waals surface area (Å²) in [4.78, 5) is 22.8. The van der Waals surface area contributed by atoms with Gasteiger partial charge in [0.15, 0.2) is 0 Å². The minimum atomic E-state index is -4.12. The second kappa shape index (κ2) is 15.5. The van der Waals surface area contributed by atoms with Gasteiger partial charge in [-0.2, -0.15) is 8.61 Å². The fraction of sp³-hybridized carbons (Fsp3) is 0.310. The molecule has 45 heavy (non-hydrogen) atoms. The first-order valence-corrected chi connectivity index (χ1v) is 16.7. The van der Waals surface area contributed by atoms with Crippen molar-refractivity contribution in [2.24, 2.45) is 0 Å². The summed E-state index contributed by atoms with van der Waals surface area (Å²) >= 11 is 0. The molecule has 0 spiro atoms. The van der Waals surface area contributed by atoms with Crippen molar-refractivity contribution in [3.8, 4) is 0 Å². The monoisotopic (exact) mass is 679 g/mol. The summed E-state index contributed by atoms with van der Waals surface area (Å²) in [5, 5.41) is 22.2. The van der Waals surface area contributed by atoms with E-state index in [0.29, 0.717) is 38.0 Å². The average Bonchev–Trinajstić information content (AvgIpc) is 2.99. The number of non-ortho nitro benzene ring substituents is 2. The van der Waals surface area contributed by atoms with Gasteiger partial charge in [-0.3, -0.25) is 25.1 Å². The van der Waals surface area contributed by atoms with Crippen molar-refractivity contribution < 1.29 is 26.7 Å². The van der Waals surface area contributed by atoms with Crippen LogP contribution in [0.1, 0.15) is 18.4 Å². The molecule has 13 nitrogen and oxygen atoms in total. The first-order chi connectivity index (χ1) is 20.9. The lowest BCUT2D eigenvalue weighted by Crippen LogP contribution is -2.41. The van der Waals surface area contributed by atoms with Crippen molar-refractivity contribution in [3.05, 3.63) is 117 Å². The molecule has 16 heteroatoms. The Bertz CT molecular complexity index is 1600. The average molecular weight is 680 g/mol. The zero-order chi connectivity index (χ0) is 31.9. The number of sulfonamides is 2. The van der Waals surface area contributed by atoms with Crippen LogP contribution in [0.15, 0.2) is 101 Å². The van der Waals surface area contributed by atoms with Crippen molar-refractivity contribution in [3.63, 3.8) is 0 Å². The normalized spacial score (nSPS) is 16.6. The van der Waals surface area contributed by atoms with E-state index in [1.165, 1.54) is 32.9 Å². The standard InChI is InChI=1S/C29H33N5O8S2.ClH/c1-24-21-31(43(39,40)28-13-9-26(10-14-28)33(35)36)19-5-17-30(23-25-7-3-2-4-8-25)18-6-20-32(22-24)44(41,42)29-15-11-27(12-16-29)34(37)38;/h2-4,7-16H,1,5-6,17-23H2;1H. The molecule has 0 aliphatic carbocycles. The second-order valence-corrected chi connectivity index (χ2v) is 14.3. The molecule has 4 rings (SSSR count). The smallest absolute Gasteiger partial charge is 0.269 e. The second-order valence-electron chi connectivity index (χ2n) is 10.4. The van der Waals surface area contributed by atoms with Crippen LogP contribution in [0.5, 0.6) is 0 Å². The van der Waals surface area contributed by atoms with Crippen LogP contribution in [0.4, 0.5) is 11.4 Å². The van der Waals surface area contributed by atoms with Crippen LogP contribution in [0.3, 0.4) is 0 Å². The molecule has 242 valence electrons. The van der Waals surface area contributed by atoms with E-state index in [0.717, 1.165) is 29.8 Å². The topological polar surface area (TPSA) is 164 Å². The Morgan fingerprint density at radius 2 is 1.04 bits per heavy atom. The molecule has 1 aliphatic rings. The van der Waals surface area contributed by atoms with E-state index < -0.39 is 29.9 Å². The molecule has 0 bridgehead atoms. The third-order valence-corrected chi connectivity index (χ3v) is 10.9. The molecule has 3 aromatic carbocycles. The lowest BCUT2D eigenvalue weighted by atomic mass is 10.2. The summed E-state index contributed by atoms with van der Waals surface area (Å²) in [6, 6.07) is 18.9. The van der Waals surface area contributed by atoms with Gasteiger partial charge in [-0.05, 0) is 61.3 Å². The van der Waals surface area contributed by atoms with E-state index in [-0.39, 0.29) is 59.8 Å². The first-order valence-electron chi connectivity index (χ1n) is 13.8. The summed E-state index contributed by atoms with van der Waals surface area (Å²) in [6.45, 7) is 5.51. The summed E-state index contributed by atoms with van der Waals surface area (Å²) in [5.41, 5.74) is 0.887. The SMILES string of the molecule is C=C1CN(S(=O)(=O)c2ccc([N+](=O)[O-])cc2)CCCN(Cc2ccccc2)CCCN(S(=O)(=O)c2ccc([N+](=O)[O-])cc2)C1.Cl. The largest absolute Gasteiger partial charge is 0.299 e. The maximum absolute atomic E-state index is 13.7. The molecule has 0 saturated carbocycles. The highest BCUT2D eigenvalue weighted by atomic mass is 35.5. The van der Waals surface area contributed by atoms with Crippen LogP contribution < -0.4 is 0 Å². The van der Waals surface area contributed by atoms with E-state index in [9.17, 15) is 37.1 Å². The quantitative estimate of drug-likeness (QED) is 0.190. The summed E-state index contributed by atoms with van der Waals surface area (Å²) in [6.07, 6.45) is 0.967. The molecular formula is C29H34ClN5O8S2. The fourth-order valence-electron chi connectivity index (χ4n) is 4.95. The van der Waals surface area contributed by atoms with Crippen LogP contribution in [0.2, 0.25) is 0 Å². The van der Waals surface area contributed by atoms with Crippen LogP contribution >= 0.6 is 12.4 Å². The lowest BCUT2D eigenvalue weighted by molar-refractivity contribution is -0.385. The van der Waals surface area contributed by atoms with Crippen molar-refractivity contribution in [1.29, 1.82) is 0 Å². The summed E-state index contributed by atoms with van der Waals surface area (Å²) in [5.74, 6) is 0. The van der Waals surface area contributed by atoms with Crippen LogP contribution in [-0.4, -0.2) is 79.5 Å². The number of nitro groups is 2. The van der Waals surface area contributed by atoms with E-state index in [1.54, 1.807) is 0 Å². The molecule has 0 unspecified atom stereocenters. The fourth-order valence-corrected chi connectivity index (χ4v) is 7.95. The third-order valence-electron chi connectivity index (χ3n) is 7.18. The van der Waals surface area contributed by atoms with Gasteiger partial charge in [0.1, 0.15) is 0 Å². The Hall–Kier alpha value is -3.73.